The minimum Gasteiger partial charge on any atom is -0.313 e. The van der Waals surface area contributed by atoms with E-state index in [1.165, 1.54) is 25.5 Å². The van der Waals surface area contributed by atoms with E-state index < -0.39 is 0 Å². The second-order valence-corrected chi connectivity index (χ2v) is 6.34. The van der Waals surface area contributed by atoms with E-state index in [9.17, 15) is 0 Å². The predicted octanol–water partition coefficient (Wildman–Crippen LogP) is 5.29. The summed E-state index contributed by atoms with van der Waals surface area (Å²) in [5.41, 5.74) is 0.744. The van der Waals surface area contributed by atoms with Gasteiger partial charge in [-0.05, 0) is 36.3 Å². The molecule has 0 atom stereocenters. The van der Waals surface area contributed by atoms with Crippen LogP contribution in [0.5, 0.6) is 0 Å². The summed E-state index contributed by atoms with van der Waals surface area (Å²) < 4.78 is 0. The van der Waals surface area contributed by atoms with E-state index in [0.29, 0.717) is 10.8 Å². The second kappa shape index (κ2) is 7.90. The molecule has 1 heteroatoms. The van der Waals surface area contributed by atoms with Crippen molar-refractivity contribution in [3.8, 4) is 0 Å². The van der Waals surface area contributed by atoms with Crippen molar-refractivity contribution in [2.24, 2.45) is 10.8 Å². The van der Waals surface area contributed by atoms with Gasteiger partial charge in [0.15, 0.2) is 0 Å². The third kappa shape index (κ3) is 16.4. The first-order valence-corrected chi connectivity index (χ1v) is 6.17. The zero-order valence-electron chi connectivity index (χ0n) is 11.9. The molecule has 0 aliphatic heterocycles. The van der Waals surface area contributed by atoms with Gasteiger partial charge in [0.1, 0.15) is 0 Å². The Labute approximate surface area is 97.2 Å². The Hall–Kier alpha value is -0.330. The van der Waals surface area contributed by atoms with Gasteiger partial charge in [-0.2, -0.15) is 0 Å². The molecule has 0 aliphatic carbocycles. The lowest BCUT2D eigenvalue weighted by Crippen LogP contribution is -2.16. The maximum absolute atomic E-state index is 7.07. The summed E-state index contributed by atoms with van der Waals surface area (Å²) >= 11 is 0. The third-order valence-electron chi connectivity index (χ3n) is 2.21. The molecule has 0 unspecified atom stereocenters. The molecule has 0 aliphatic rings. The van der Waals surface area contributed by atoms with Crippen LogP contribution in [0.1, 0.15) is 74.1 Å². The van der Waals surface area contributed by atoms with Crippen LogP contribution in [0, 0.1) is 16.2 Å². The van der Waals surface area contributed by atoms with Gasteiger partial charge in [0.05, 0.1) is 0 Å². The third-order valence-corrected chi connectivity index (χ3v) is 2.21. The predicted molar refractivity (Wildman–Crippen MR) is 71.8 cm³/mol. The van der Waals surface area contributed by atoms with Crippen LogP contribution in [0.25, 0.3) is 0 Å². The van der Waals surface area contributed by atoms with E-state index in [1.54, 1.807) is 0 Å². The Kier molecular flexibility index (Phi) is 8.99. The topological polar surface area (TPSA) is 23.9 Å². The first-order valence-electron chi connectivity index (χ1n) is 6.17. The van der Waals surface area contributed by atoms with Gasteiger partial charge in [0, 0.05) is 0 Å². The van der Waals surface area contributed by atoms with E-state index in [2.05, 4.69) is 48.5 Å². The van der Waals surface area contributed by atoms with Gasteiger partial charge in [0.2, 0.25) is 0 Å². The van der Waals surface area contributed by atoms with Gasteiger partial charge in [-0.15, -0.1) is 0 Å². The van der Waals surface area contributed by atoms with E-state index in [1.807, 2.05) is 0 Å². The Morgan fingerprint density at radius 1 is 0.933 bits per heavy atom. The standard InChI is InChI=1S/C11H23N.C3H8/c1-10(2,3)6-7-11(4,5)8-9-12;1-3-2/h9,12H,6-8H2,1-5H3;3H2,1-2H3. The minimum absolute atomic E-state index is 0.315. The molecule has 0 radical (unpaired) electrons. The lowest BCUT2D eigenvalue weighted by Gasteiger charge is -2.27. The quantitative estimate of drug-likeness (QED) is 0.613. The number of hydrogen-bond donors (Lipinski definition) is 1. The summed E-state index contributed by atoms with van der Waals surface area (Å²) in [5.74, 6) is 0. The van der Waals surface area contributed by atoms with Gasteiger partial charge in [-0.3, -0.25) is 0 Å². The fourth-order valence-corrected chi connectivity index (χ4v) is 1.09. The SMILES string of the molecule is CC(C)(C)CCC(C)(C)CC=N.CCC. The Balaban J connectivity index is 0. The fourth-order valence-electron chi connectivity index (χ4n) is 1.09. The van der Waals surface area contributed by atoms with Crippen LogP contribution >= 0.6 is 0 Å². The Bertz CT molecular complexity index is 151. The maximum Gasteiger partial charge on any atom is -0.00424 e. The summed E-state index contributed by atoms with van der Waals surface area (Å²) in [6.45, 7) is 15.5. The molecule has 0 amide bonds. The maximum atomic E-state index is 7.07. The van der Waals surface area contributed by atoms with Crippen LogP contribution in [-0.2, 0) is 0 Å². The van der Waals surface area contributed by atoms with Gasteiger partial charge >= 0.3 is 0 Å². The van der Waals surface area contributed by atoms with Crippen molar-refractivity contribution in [2.75, 3.05) is 0 Å². The summed E-state index contributed by atoms with van der Waals surface area (Å²) in [7, 11) is 0. The Morgan fingerprint density at radius 2 is 1.33 bits per heavy atom. The van der Waals surface area contributed by atoms with Gasteiger partial charge < -0.3 is 5.41 Å². The lowest BCUT2D eigenvalue weighted by molar-refractivity contribution is 0.263. The second-order valence-electron chi connectivity index (χ2n) is 6.34. The molecule has 1 N–H and O–H groups in total. The largest absolute Gasteiger partial charge is 0.313 e. The van der Waals surface area contributed by atoms with Crippen LogP contribution in [0.3, 0.4) is 0 Å². The van der Waals surface area contributed by atoms with E-state index in [4.69, 9.17) is 5.41 Å². The van der Waals surface area contributed by atoms with Crippen molar-refractivity contribution in [3.05, 3.63) is 0 Å². The van der Waals surface area contributed by atoms with Crippen molar-refractivity contribution in [1.29, 1.82) is 5.41 Å². The monoisotopic (exact) mass is 213 g/mol. The van der Waals surface area contributed by atoms with E-state index in [0.717, 1.165) is 6.42 Å². The molecular formula is C14H31N. The molecule has 0 fully saturated rings. The van der Waals surface area contributed by atoms with Gasteiger partial charge in [-0.1, -0.05) is 54.9 Å². The average Bonchev–Trinajstić information content (AvgIpc) is 2.01. The molecule has 0 aromatic heterocycles. The minimum atomic E-state index is 0.315. The molecular weight excluding hydrogens is 182 g/mol. The number of hydrogen-bond acceptors (Lipinski definition) is 1. The zero-order valence-corrected chi connectivity index (χ0v) is 11.9. The van der Waals surface area contributed by atoms with Crippen molar-refractivity contribution >= 4 is 6.21 Å². The average molecular weight is 213 g/mol. The van der Waals surface area contributed by atoms with Crippen LogP contribution in [0.2, 0.25) is 0 Å². The van der Waals surface area contributed by atoms with E-state index in [-0.39, 0.29) is 0 Å². The molecule has 0 aromatic rings. The van der Waals surface area contributed by atoms with Crippen molar-refractivity contribution < 1.29 is 0 Å². The first-order chi connectivity index (χ1) is 6.68. The molecule has 92 valence electrons. The van der Waals surface area contributed by atoms with Crippen molar-refractivity contribution in [2.45, 2.75) is 74.1 Å². The fraction of sp³-hybridized carbons (Fsp3) is 0.929. The molecule has 15 heavy (non-hydrogen) atoms. The molecule has 0 saturated carbocycles. The normalized spacial score (nSPS) is 11.7. The van der Waals surface area contributed by atoms with Crippen LogP contribution in [0.4, 0.5) is 0 Å². The smallest absolute Gasteiger partial charge is 0.00424 e. The Morgan fingerprint density at radius 3 is 1.60 bits per heavy atom. The van der Waals surface area contributed by atoms with Crippen LogP contribution in [0.15, 0.2) is 0 Å². The molecule has 0 bridgehead atoms. The molecule has 0 rings (SSSR count). The highest BCUT2D eigenvalue weighted by molar-refractivity contribution is 5.53. The number of rotatable bonds is 4. The van der Waals surface area contributed by atoms with Gasteiger partial charge in [0.25, 0.3) is 0 Å². The first kappa shape index (κ1) is 17.1. The van der Waals surface area contributed by atoms with Crippen molar-refractivity contribution in [3.63, 3.8) is 0 Å². The summed E-state index contributed by atoms with van der Waals surface area (Å²) in [4.78, 5) is 0. The zero-order chi connectivity index (χ0) is 12.5. The summed E-state index contributed by atoms with van der Waals surface area (Å²) in [6.07, 6.45) is 6.14. The lowest BCUT2D eigenvalue weighted by atomic mass is 9.78. The molecule has 1 nitrogen and oxygen atoms in total. The summed E-state index contributed by atoms with van der Waals surface area (Å²) in [6, 6.07) is 0. The highest BCUT2D eigenvalue weighted by Gasteiger charge is 2.20. The summed E-state index contributed by atoms with van der Waals surface area (Å²) in [5, 5.41) is 7.07. The highest BCUT2D eigenvalue weighted by atomic mass is 14.4. The molecule has 0 saturated heterocycles. The molecule has 0 aromatic carbocycles. The van der Waals surface area contributed by atoms with Gasteiger partial charge in [-0.25, -0.2) is 0 Å². The van der Waals surface area contributed by atoms with Crippen LogP contribution in [-0.4, -0.2) is 6.21 Å². The highest BCUT2D eigenvalue weighted by Crippen LogP contribution is 2.31. The molecule has 0 heterocycles. The van der Waals surface area contributed by atoms with E-state index >= 15 is 0 Å². The van der Waals surface area contributed by atoms with Crippen LogP contribution < -0.4 is 0 Å². The van der Waals surface area contributed by atoms with Crippen molar-refractivity contribution in [1.82, 2.24) is 0 Å². The number of nitrogens with one attached hydrogen (secondary N) is 1. The molecule has 0 spiro atoms.